The molecule has 1 atom stereocenters. The molecule has 0 bridgehead atoms. The number of nitrogens with zero attached hydrogens (tertiary/aromatic N) is 5. The lowest BCUT2D eigenvalue weighted by Crippen LogP contribution is -2.46. The zero-order valence-corrected chi connectivity index (χ0v) is 16.0. The number of hydrogen-bond acceptors (Lipinski definition) is 5. The zero-order chi connectivity index (χ0) is 18.0. The fourth-order valence-electron chi connectivity index (χ4n) is 3.11. The first-order valence-electron chi connectivity index (χ1n) is 8.60. The average molecular weight is 359 g/mol. The second-order valence-electron chi connectivity index (χ2n) is 6.85. The molecule has 2 N–H and O–H groups in total. The van der Waals surface area contributed by atoms with Crippen molar-refractivity contribution in [2.75, 3.05) is 27.2 Å². The van der Waals surface area contributed by atoms with Gasteiger partial charge in [-0.1, -0.05) is 19.1 Å². The maximum atomic E-state index is 12.3. The van der Waals surface area contributed by atoms with Crippen molar-refractivity contribution in [3.05, 3.63) is 11.9 Å². The molecule has 1 aromatic heterocycles. The molecule has 24 heavy (non-hydrogen) atoms. The lowest BCUT2D eigenvalue weighted by Gasteiger charge is -2.33. The number of nitrogens with two attached hydrogens (primary N) is 1. The van der Waals surface area contributed by atoms with E-state index in [1.807, 2.05) is 20.0 Å². The van der Waals surface area contributed by atoms with Gasteiger partial charge in [-0.3, -0.25) is 4.68 Å². The van der Waals surface area contributed by atoms with Gasteiger partial charge in [-0.15, -0.1) is 5.10 Å². The molecular formula is C15H30N6O2S. The Kier molecular flexibility index (Phi) is 6.00. The second kappa shape index (κ2) is 7.47. The van der Waals surface area contributed by atoms with Crippen molar-refractivity contribution < 1.29 is 8.42 Å². The van der Waals surface area contributed by atoms with Crippen LogP contribution in [0.3, 0.4) is 0 Å². The molecule has 2 heterocycles. The van der Waals surface area contributed by atoms with Crippen molar-refractivity contribution in [3.8, 4) is 0 Å². The number of aromatic nitrogens is 3. The SMILES string of the molecule is CCC(N)(CC)c1cn(CC2CCCN(S(=O)(=O)N(C)C)C2)nn1. The molecule has 0 radical (unpaired) electrons. The molecule has 9 heteroatoms. The van der Waals surface area contributed by atoms with E-state index >= 15 is 0 Å². The van der Waals surface area contributed by atoms with E-state index in [1.54, 1.807) is 23.1 Å². The molecule has 8 nitrogen and oxygen atoms in total. The Bertz CT molecular complexity index is 638. The fraction of sp³-hybridized carbons (Fsp3) is 0.867. The van der Waals surface area contributed by atoms with E-state index in [4.69, 9.17) is 5.73 Å². The first-order chi connectivity index (χ1) is 11.2. The third kappa shape index (κ3) is 3.96. The summed E-state index contributed by atoms with van der Waals surface area (Å²) in [6.07, 6.45) is 5.38. The van der Waals surface area contributed by atoms with Crippen molar-refractivity contribution in [2.45, 2.75) is 51.6 Å². The van der Waals surface area contributed by atoms with E-state index in [1.165, 1.54) is 4.31 Å². The summed E-state index contributed by atoms with van der Waals surface area (Å²) in [7, 11) is -0.213. The molecule has 0 amide bonds. The fourth-order valence-corrected chi connectivity index (χ4v) is 4.33. The summed E-state index contributed by atoms with van der Waals surface area (Å²) in [5.74, 6) is 0.235. The Hall–Kier alpha value is -1.03. The third-order valence-electron chi connectivity index (χ3n) is 5.03. The van der Waals surface area contributed by atoms with Crippen molar-refractivity contribution >= 4 is 10.2 Å². The lowest BCUT2D eigenvalue weighted by atomic mass is 9.91. The summed E-state index contributed by atoms with van der Waals surface area (Å²) >= 11 is 0. The predicted octanol–water partition coefficient (Wildman–Crippen LogP) is 0.771. The maximum absolute atomic E-state index is 12.3. The number of hydrogen-bond donors (Lipinski definition) is 1. The Labute approximate surface area is 145 Å². The normalized spacial score (nSPS) is 20.7. The van der Waals surface area contributed by atoms with Crippen LogP contribution in [0.5, 0.6) is 0 Å². The van der Waals surface area contributed by atoms with E-state index < -0.39 is 15.7 Å². The molecule has 1 aliphatic rings. The molecule has 0 aliphatic carbocycles. The highest BCUT2D eigenvalue weighted by molar-refractivity contribution is 7.86. The van der Waals surface area contributed by atoms with E-state index in [0.29, 0.717) is 19.6 Å². The number of rotatable bonds is 7. The van der Waals surface area contributed by atoms with Gasteiger partial charge in [-0.25, -0.2) is 0 Å². The van der Waals surface area contributed by atoms with Crippen LogP contribution in [-0.4, -0.2) is 59.2 Å². The Morgan fingerprint density at radius 1 is 1.38 bits per heavy atom. The summed E-state index contributed by atoms with van der Waals surface area (Å²) in [4.78, 5) is 0. The molecule has 0 aromatic carbocycles. The molecular weight excluding hydrogens is 328 g/mol. The highest BCUT2D eigenvalue weighted by Gasteiger charge is 2.31. The highest BCUT2D eigenvalue weighted by atomic mass is 32.2. The van der Waals surface area contributed by atoms with E-state index in [0.717, 1.165) is 31.4 Å². The van der Waals surface area contributed by atoms with E-state index in [2.05, 4.69) is 10.3 Å². The van der Waals surface area contributed by atoms with Crippen LogP contribution >= 0.6 is 0 Å². The van der Waals surface area contributed by atoms with Crippen molar-refractivity contribution in [2.24, 2.45) is 11.7 Å². The van der Waals surface area contributed by atoms with Crippen LogP contribution in [0.2, 0.25) is 0 Å². The molecule has 1 saturated heterocycles. The lowest BCUT2D eigenvalue weighted by molar-refractivity contribution is 0.230. The third-order valence-corrected chi connectivity index (χ3v) is 6.93. The van der Waals surface area contributed by atoms with Crippen molar-refractivity contribution in [1.29, 1.82) is 0 Å². The molecule has 0 spiro atoms. The van der Waals surface area contributed by atoms with Crippen LogP contribution in [0.4, 0.5) is 0 Å². The van der Waals surface area contributed by atoms with Crippen LogP contribution in [0.1, 0.15) is 45.2 Å². The van der Waals surface area contributed by atoms with E-state index in [-0.39, 0.29) is 5.92 Å². The van der Waals surface area contributed by atoms with Crippen LogP contribution < -0.4 is 5.73 Å². The van der Waals surface area contributed by atoms with Crippen LogP contribution in [0.25, 0.3) is 0 Å². The number of piperidine rings is 1. The van der Waals surface area contributed by atoms with Gasteiger partial charge in [0.2, 0.25) is 0 Å². The highest BCUT2D eigenvalue weighted by Crippen LogP contribution is 2.25. The van der Waals surface area contributed by atoms with Gasteiger partial charge in [-0.05, 0) is 31.6 Å². The minimum Gasteiger partial charge on any atom is -0.320 e. The molecule has 0 saturated carbocycles. The molecule has 1 aliphatic heterocycles. The quantitative estimate of drug-likeness (QED) is 0.776. The largest absolute Gasteiger partial charge is 0.320 e. The maximum Gasteiger partial charge on any atom is 0.281 e. The topological polar surface area (TPSA) is 97.3 Å². The van der Waals surface area contributed by atoms with Gasteiger partial charge in [0.05, 0.1) is 11.7 Å². The molecule has 2 rings (SSSR count). The average Bonchev–Trinajstić information content (AvgIpc) is 3.03. The van der Waals surface area contributed by atoms with Crippen molar-refractivity contribution in [1.82, 2.24) is 23.6 Å². The molecule has 1 fully saturated rings. The predicted molar refractivity (Wildman–Crippen MR) is 93.4 cm³/mol. The smallest absolute Gasteiger partial charge is 0.281 e. The minimum absolute atomic E-state index is 0.235. The zero-order valence-electron chi connectivity index (χ0n) is 15.1. The summed E-state index contributed by atoms with van der Waals surface area (Å²) in [6, 6.07) is 0. The van der Waals surface area contributed by atoms with Crippen LogP contribution in [0, 0.1) is 5.92 Å². The van der Waals surface area contributed by atoms with Crippen molar-refractivity contribution in [3.63, 3.8) is 0 Å². The summed E-state index contributed by atoms with van der Waals surface area (Å²) in [6.45, 7) is 5.86. The van der Waals surface area contributed by atoms with Gasteiger partial charge < -0.3 is 5.73 Å². The first-order valence-corrected chi connectivity index (χ1v) is 9.99. The molecule has 1 unspecified atom stereocenters. The van der Waals surface area contributed by atoms with E-state index in [9.17, 15) is 8.42 Å². The Morgan fingerprint density at radius 2 is 2.04 bits per heavy atom. The summed E-state index contributed by atoms with van der Waals surface area (Å²) < 4.78 is 29.2. The van der Waals surface area contributed by atoms with Gasteiger partial charge in [0.15, 0.2) is 0 Å². The molecule has 138 valence electrons. The Balaban J connectivity index is 2.05. The first kappa shape index (κ1) is 19.3. The van der Waals surface area contributed by atoms with Gasteiger partial charge in [0, 0.05) is 33.7 Å². The Morgan fingerprint density at radius 3 is 2.62 bits per heavy atom. The van der Waals surface area contributed by atoms with Crippen LogP contribution in [0.15, 0.2) is 6.20 Å². The van der Waals surface area contributed by atoms with Gasteiger partial charge in [-0.2, -0.15) is 17.0 Å². The van der Waals surface area contributed by atoms with Gasteiger partial charge in [0.1, 0.15) is 5.69 Å². The molecule has 1 aromatic rings. The van der Waals surface area contributed by atoms with Crippen LogP contribution in [-0.2, 0) is 22.3 Å². The second-order valence-corrected chi connectivity index (χ2v) is 8.99. The monoisotopic (exact) mass is 358 g/mol. The minimum atomic E-state index is -3.35. The van der Waals surface area contributed by atoms with Gasteiger partial charge in [0.25, 0.3) is 10.2 Å². The standard InChI is InChI=1S/C15H30N6O2S/c1-5-15(16,6-2)14-12-20(18-17-14)10-13-8-7-9-21(11-13)24(22,23)19(3)4/h12-13H,5-11,16H2,1-4H3. The summed E-state index contributed by atoms with van der Waals surface area (Å²) in [5, 5.41) is 8.44. The van der Waals surface area contributed by atoms with Gasteiger partial charge >= 0.3 is 0 Å². The summed E-state index contributed by atoms with van der Waals surface area (Å²) in [5.41, 5.74) is 6.74.